The summed E-state index contributed by atoms with van der Waals surface area (Å²) >= 11 is 0. The van der Waals surface area contributed by atoms with Gasteiger partial charge < -0.3 is 5.32 Å². The first-order valence-electron chi connectivity index (χ1n) is 4.99. The molecule has 0 aromatic heterocycles. The van der Waals surface area contributed by atoms with Crippen molar-refractivity contribution in [3.8, 4) is 0 Å². The summed E-state index contributed by atoms with van der Waals surface area (Å²) in [4.78, 5) is 0. The van der Waals surface area contributed by atoms with Gasteiger partial charge in [0, 0.05) is 0 Å². The Labute approximate surface area is 75.6 Å². The molecule has 0 aromatic carbocycles. The van der Waals surface area contributed by atoms with Crippen LogP contribution in [-0.4, -0.2) is 13.1 Å². The van der Waals surface area contributed by atoms with Crippen LogP contribution >= 0.6 is 0 Å². The Kier molecular flexibility index (Phi) is 4.77. The zero-order chi connectivity index (χ0) is 8.65. The standard InChI is InChI=1S/C11H19N/c1-2-12-10-6-9-11-7-4-3-5-8-11/h4,7-8,12H,2-3,5-6,9-10H2,1H3. The van der Waals surface area contributed by atoms with E-state index in [9.17, 15) is 0 Å². The minimum atomic E-state index is 1.09. The fourth-order valence-electron chi connectivity index (χ4n) is 1.45. The van der Waals surface area contributed by atoms with Crippen molar-refractivity contribution in [2.75, 3.05) is 13.1 Å². The van der Waals surface area contributed by atoms with Crippen LogP contribution in [0.15, 0.2) is 23.8 Å². The molecule has 0 heterocycles. The van der Waals surface area contributed by atoms with Crippen LogP contribution in [0.3, 0.4) is 0 Å². The Morgan fingerprint density at radius 2 is 2.33 bits per heavy atom. The van der Waals surface area contributed by atoms with Crippen LogP contribution in [0.25, 0.3) is 0 Å². The van der Waals surface area contributed by atoms with Crippen LogP contribution in [0, 0.1) is 0 Å². The molecule has 1 aliphatic carbocycles. The zero-order valence-corrected chi connectivity index (χ0v) is 7.97. The number of nitrogens with one attached hydrogen (secondary N) is 1. The lowest BCUT2D eigenvalue weighted by molar-refractivity contribution is 0.672. The lowest BCUT2D eigenvalue weighted by atomic mass is 10.0. The quantitative estimate of drug-likeness (QED) is 0.617. The SMILES string of the molecule is CCNCCCC1=CCCC=C1. The van der Waals surface area contributed by atoms with Crippen molar-refractivity contribution in [1.82, 2.24) is 5.32 Å². The average molecular weight is 165 g/mol. The summed E-state index contributed by atoms with van der Waals surface area (Å²) in [5.74, 6) is 0. The van der Waals surface area contributed by atoms with Crippen molar-refractivity contribution >= 4 is 0 Å². The molecule has 68 valence electrons. The van der Waals surface area contributed by atoms with E-state index in [1.807, 2.05) is 0 Å². The topological polar surface area (TPSA) is 12.0 Å². The van der Waals surface area contributed by atoms with Crippen LogP contribution < -0.4 is 5.32 Å². The normalized spacial score (nSPS) is 16.2. The van der Waals surface area contributed by atoms with Gasteiger partial charge in [0.15, 0.2) is 0 Å². The van der Waals surface area contributed by atoms with Crippen LogP contribution in [-0.2, 0) is 0 Å². The lowest BCUT2D eigenvalue weighted by Crippen LogP contribution is -2.13. The Morgan fingerprint density at radius 3 is 3.00 bits per heavy atom. The fraction of sp³-hybridized carbons (Fsp3) is 0.636. The second-order valence-electron chi connectivity index (χ2n) is 3.22. The minimum Gasteiger partial charge on any atom is -0.317 e. The molecular formula is C11H19N. The van der Waals surface area contributed by atoms with Crippen molar-refractivity contribution in [3.63, 3.8) is 0 Å². The van der Waals surface area contributed by atoms with Gasteiger partial charge in [0.1, 0.15) is 0 Å². The average Bonchev–Trinajstić information content (AvgIpc) is 2.14. The van der Waals surface area contributed by atoms with Crippen molar-refractivity contribution in [3.05, 3.63) is 23.8 Å². The van der Waals surface area contributed by atoms with Gasteiger partial charge in [-0.15, -0.1) is 0 Å². The molecule has 0 aromatic rings. The molecule has 0 aliphatic heterocycles. The van der Waals surface area contributed by atoms with Gasteiger partial charge in [0.25, 0.3) is 0 Å². The second-order valence-corrected chi connectivity index (χ2v) is 3.22. The first-order chi connectivity index (χ1) is 5.93. The predicted molar refractivity (Wildman–Crippen MR) is 54.2 cm³/mol. The monoisotopic (exact) mass is 165 g/mol. The molecule has 1 rings (SSSR count). The van der Waals surface area contributed by atoms with Crippen LogP contribution in [0.4, 0.5) is 0 Å². The van der Waals surface area contributed by atoms with E-state index < -0.39 is 0 Å². The summed E-state index contributed by atoms with van der Waals surface area (Å²) in [7, 11) is 0. The Balaban J connectivity index is 2.06. The highest BCUT2D eigenvalue weighted by molar-refractivity contribution is 5.21. The Morgan fingerprint density at radius 1 is 1.42 bits per heavy atom. The third kappa shape index (κ3) is 3.72. The maximum absolute atomic E-state index is 3.34. The second kappa shape index (κ2) is 6.01. The van der Waals surface area contributed by atoms with Crippen molar-refractivity contribution in [2.45, 2.75) is 32.6 Å². The first kappa shape index (κ1) is 9.53. The third-order valence-corrected chi connectivity index (χ3v) is 2.14. The van der Waals surface area contributed by atoms with Crippen LogP contribution in [0.5, 0.6) is 0 Å². The van der Waals surface area contributed by atoms with E-state index in [4.69, 9.17) is 0 Å². The van der Waals surface area contributed by atoms with E-state index in [0.717, 1.165) is 13.1 Å². The molecule has 0 saturated carbocycles. The molecule has 0 fully saturated rings. The molecule has 0 unspecified atom stereocenters. The maximum atomic E-state index is 3.34. The van der Waals surface area contributed by atoms with E-state index in [1.165, 1.54) is 31.3 Å². The summed E-state index contributed by atoms with van der Waals surface area (Å²) in [5, 5.41) is 3.34. The number of hydrogen-bond donors (Lipinski definition) is 1. The Bertz CT molecular complexity index is 168. The van der Waals surface area contributed by atoms with E-state index in [0.29, 0.717) is 0 Å². The maximum Gasteiger partial charge on any atom is -0.00459 e. The summed E-state index contributed by atoms with van der Waals surface area (Å²) in [6.45, 7) is 4.40. The third-order valence-electron chi connectivity index (χ3n) is 2.14. The highest BCUT2D eigenvalue weighted by Gasteiger charge is 1.96. The van der Waals surface area contributed by atoms with Gasteiger partial charge in [-0.1, -0.05) is 30.7 Å². The molecule has 1 heteroatoms. The van der Waals surface area contributed by atoms with Crippen LogP contribution in [0.1, 0.15) is 32.6 Å². The molecular weight excluding hydrogens is 146 g/mol. The van der Waals surface area contributed by atoms with Gasteiger partial charge in [-0.3, -0.25) is 0 Å². The molecule has 0 spiro atoms. The molecule has 1 N–H and O–H groups in total. The lowest BCUT2D eigenvalue weighted by Gasteiger charge is -2.06. The largest absolute Gasteiger partial charge is 0.317 e. The summed E-state index contributed by atoms with van der Waals surface area (Å²) in [6.07, 6.45) is 11.9. The zero-order valence-electron chi connectivity index (χ0n) is 7.97. The molecule has 0 saturated heterocycles. The summed E-state index contributed by atoms with van der Waals surface area (Å²) in [5.41, 5.74) is 1.53. The molecule has 1 aliphatic rings. The van der Waals surface area contributed by atoms with Gasteiger partial charge in [0.05, 0.1) is 0 Å². The van der Waals surface area contributed by atoms with Gasteiger partial charge in [-0.05, 0) is 38.8 Å². The first-order valence-corrected chi connectivity index (χ1v) is 4.99. The highest BCUT2D eigenvalue weighted by atomic mass is 14.8. The minimum absolute atomic E-state index is 1.09. The Hall–Kier alpha value is -0.560. The molecule has 0 atom stereocenters. The van der Waals surface area contributed by atoms with E-state index in [-0.39, 0.29) is 0 Å². The van der Waals surface area contributed by atoms with E-state index >= 15 is 0 Å². The van der Waals surface area contributed by atoms with E-state index in [1.54, 1.807) is 0 Å². The van der Waals surface area contributed by atoms with E-state index in [2.05, 4.69) is 30.5 Å². The molecule has 0 bridgehead atoms. The van der Waals surface area contributed by atoms with Gasteiger partial charge in [0.2, 0.25) is 0 Å². The molecule has 0 radical (unpaired) electrons. The highest BCUT2D eigenvalue weighted by Crippen LogP contribution is 2.13. The number of hydrogen-bond acceptors (Lipinski definition) is 1. The predicted octanol–water partition coefficient (Wildman–Crippen LogP) is 2.65. The fourth-order valence-corrected chi connectivity index (χ4v) is 1.45. The smallest absolute Gasteiger partial charge is 0.00459 e. The van der Waals surface area contributed by atoms with Crippen LogP contribution in [0.2, 0.25) is 0 Å². The summed E-state index contributed by atoms with van der Waals surface area (Å²) < 4.78 is 0. The number of rotatable bonds is 5. The molecule has 0 amide bonds. The van der Waals surface area contributed by atoms with Crippen molar-refractivity contribution in [1.29, 1.82) is 0 Å². The number of allylic oxidation sites excluding steroid dienone is 4. The van der Waals surface area contributed by atoms with Gasteiger partial charge in [-0.25, -0.2) is 0 Å². The van der Waals surface area contributed by atoms with Crippen molar-refractivity contribution in [2.24, 2.45) is 0 Å². The molecule has 1 nitrogen and oxygen atoms in total. The van der Waals surface area contributed by atoms with Gasteiger partial charge in [-0.2, -0.15) is 0 Å². The summed E-state index contributed by atoms with van der Waals surface area (Å²) in [6, 6.07) is 0. The van der Waals surface area contributed by atoms with Crippen molar-refractivity contribution < 1.29 is 0 Å². The molecule has 12 heavy (non-hydrogen) atoms. The van der Waals surface area contributed by atoms with Gasteiger partial charge >= 0.3 is 0 Å².